The van der Waals surface area contributed by atoms with Crippen molar-refractivity contribution in [3.63, 3.8) is 0 Å². The van der Waals surface area contributed by atoms with E-state index in [1.165, 1.54) is 0 Å². The normalized spacial score (nSPS) is 15.2. The summed E-state index contributed by atoms with van der Waals surface area (Å²) >= 11 is 0. The maximum atomic E-state index is 13.2. The average molecular weight is 375 g/mol. The molecule has 1 fully saturated rings. The number of rotatable bonds is 6. The molecule has 0 saturated carbocycles. The van der Waals surface area contributed by atoms with Crippen molar-refractivity contribution in [1.29, 1.82) is 5.26 Å². The van der Waals surface area contributed by atoms with Gasteiger partial charge in [-0.3, -0.25) is 9.69 Å². The van der Waals surface area contributed by atoms with E-state index < -0.39 is 0 Å². The van der Waals surface area contributed by atoms with Crippen LogP contribution in [0.5, 0.6) is 0 Å². The van der Waals surface area contributed by atoms with Gasteiger partial charge < -0.3 is 9.67 Å². The number of aromatic nitrogens is 1. The number of hydrogen-bond acceptors (Lipinski definition) is 4. The first-order valence-electron chi connectivity index (χ1n) is 9.44. The molecule has 1 aliphatic rings. The molecule has 1 N–H and O–H groups in total. The van der Waals surface area contributed by atoms with Crippen molar-refractivity contribution in [2.45, 2.75) is 25.9 Å². The third kappa shape index (κ3) is 3.70. The first-order chi connectivity index (χ1) is 13.5. The third-order valence-corrected chi connectivity index (χ3v) is 5.34. The van der Waals surface area contributed by atoms with Crippen LogP contribution in [0.25, 0.3) is 17.8 Å². The molecule has 1 saturated heterocycles. The van der Waals surface area contributed by atoms with Gasteiger partial charge in [0.2, 0.25) is 0 Å². The smallest absolute Gasteiger partial charge is 0.179 e. The Hall–Kier alpha value is -2.94. The third-order valence-electron chi connectivity index (χ3n) is 5.34. The van der Waals surface area contributed by atoms with Crippen LogP contribution in [0.15, 0.2) is 37.4 Å². The number of aliphatic hydroxyl groups is 1. The van der Waals surface area contributed by atoms with E-state index in [0.29, 0.717) is 30.5 Å². The molecular formula is C23H25N3O2. The van der Waals surface area contributed by atoms with E-state index in [0.717, 1.165) is 35.7 Å². The van der Waals surface area contributed by atoms with Gasteiger partial charge in [-0.1, -0.05) is 19.2 Å². The lowest BCUT2D eigenvalue weighted by atomic mass is 10.0. The molecule has 144 valence electrons. The molecule has 5 heteroatoms. The molecule has 0 unspecified atom stereocenters. The van der Waals surface area contributed by atoms with E-state index >= 15 is 0 Å². The van der Waals surface area contributed by atoms with Crippen LogP contribution in [0.4, 0.5) is 0 Å². The first-order valence-corrected chi connectivity index (χ1v) is 9.44. The monoisotopic (exact) mass is 375 g/mol. The Bertz CT molecular complexity index is 940. The van der Waals surface area contributed by atoms with Crippen molar-refractivity contribution in [3.05, 3.63) is 65.5 Å². The van der Waals surface area contributed by atoms with Crippen molar-refractivity contribution in [2.24, 2.45) is 0 Å². The molecule has 0 spiro atoms. The van der Waals surface area contributed by atoms with Gasteiger partial charge in [0.25, 0.3) is 0 Å². The highest BCUT2D eigenvalue weighted by Crippen LogP contribution is 2.29. The highest BCUT2D eigenvalue weighted by Gasteiger charge is 2.26. The topological polar surface area (TPSA) is 69.3 Å². The highest BCUT2D eigenvalue weighted by molar-refractivity contribution is 6.03. The molecule has 0 aliphatic carbocycles. The van der Waals surface area contributed by atoms with Crippen molar-refractivity contribution in [2.75, 3.05) is 19.6 Å². The number of Topliss-reactive ketones (excluding diaryl/α,β-unsaturated/α-hetero) is 1. The summed E-state index contributed by atoms with van der Waals surface area (Å²) in [5.74, 6) is 0.0410. The maximum absolute atomic E-state index is 13.2. The number of hydrogen-bond donors (Lipinski definition) is 1. The average Bonchev–Trinajstić information content (AvgIpc) is 3.01. The molecule has 1 aliphatic heterocycles. The van der Waals surface area contributed by atoms with Crippen LogP contribution in [-0.4, -0.2) is 46.1 Å². The second kappa shape index (κ2) is 8.39. The molecule has 0 radical (unpaired) electrons. The Labute approximate surface area is 165 Å². The van der Waals surface area contributed by atoms with Gasteiger partial charge in [-0.2, -0.15) is 5.26 Å². The quantitative estimate of drug-likeness (QED) is 0.784. The van der Waals surface area contributed by atoms with E-state index in [-0.39, 0.29) is 11.9 Å². The lowest BCUT2D eigenvalue weighted by Crippen LogP contribution is -2.39. The van der Waals surface area contributed by atoms with Crippen molar-refractivity contribution in [1.82, 2.24) is 9.47 Å². The van der Waals surface area contributed by atoms with E-state index in [9.17, 15) is 9.90 Å². The Morgan fingerprint density at radius 2 is 1.89 bits per heavy atom. The SMILES string of the molecule is C=Cc1c(C(=O)CN2CCC(O)CC2)c(C)n(-c2ccc(C#N)cc2)c1C=C. The summed E-state index contributed by atoms with van der Waals surface area (Å²) in [7, 11) is 0. The summed E-state index contributed by atoms with van der Waals surface area (Å²) in [6.07, 6.45) is 4.57. The van der Waals surface area contributed by atoms with Gasteiger partial charge in [-0.15, -0.1) is 0 Å². The number of likely N-dealkylation sites (tertiary alicyclic amines) is 1. The number of nitriles is 1. The summed E-state index contributed by atoms with van der Waals surface area (Å²) in [5, 5.41) is 18.7. The zero-order valence-corrected chi connectivity index (χ0v) is 16.2. The van der Waals surface area contributed by atoms with Gasteiger partial charge in [-0.05, 0) is 50.1 Å². The molecule has 28 heavy (non-hydrogen) atoms. The fourth-order valence-electron chi connectivity index (χ4n) is 3.87. The summed E-state index contributed by atoms with van der Waals surface area (Å²) in [6, 6.07) is 9.37. The van der Waals surface area contributed by atoms with Gasteiger partial charge in [0.05, 0.1) is 30.0 Å². The minimum atomic E-state index is -0.262. The molecular weight excluding hydrogens is 350 g/mol. The summed E-state index contributed by atoms with van der Waals surface area (Å²) in [5.41, 5.74) is 4.53. The van der Waals surface area contributed by atoms with Crippen molar-refractivity contribution in [3.8, 4) is 11.8 Å². The van der Waals surface area contributed by atoms with Crippen LogP contribution in [0.3, 0.4) is 0 Å². The van der Waals surface area contributed by atoms with Crippen LogP contribution in [0, 0.1) is 18.3 Å². The molecule has 1 aromatic heterocycles. The van der Waals surface area contributed by atoms with Crippen molar-refractivity contribution >= 4 is 17.9 Å². The molecule has 0 bridgehead atoms. The number of aliphatic hydroxyl groups excluding tert-OH is 1. The number of carbonyl (C=O) groups excluding carboxylic acids is 1. The van der Waals surface area contributed by atoms with Crippen LogP contribution >= 0.6 is 0 Å². The van der Waals surface area contributed by atoms with Crippen molar-refractivity contribution < 1.29 is 9.90 Å². The number of ketones is 1. The Kier molecular flexibility index (Phi) is 5.93. The predicted molar refractivity (Wildman–Crippen MR) is 111 cm³/mol. The lowest BCUT2D eigenvalue weighted by Gasteiger charge is -2.28. The molecule has 3 rings (SSSR count). The van der Waals surface area contributed by atoms with E-state index in [2.05, 4.69) is 24.1 Å². The summed E-state index contributed by atoms with van der Waals surface area (Å²) in [4.78, 5) is 15.3. The standard InChI is InChI=1S/C23H25N3O2/c1-4-20-21(5-2)26(18-8-6-17(14-24)7-9-18)16(3)23(20)22(28)15-25-12-10-19(27)11-13-25/h4-9,19,27H,1-2,10-13,15H2,3H3. The van der Waals surface area contributed by atoms with Crippen LogP contribution in [-0.2, 0) is 0 Å². The summed E-state index contributed by atoms with van der Waals surface area (Å²) in [6.45, 7) is 11.5. The number of piperidine rings is 1. The molecule has 2 aromatic rings. The largest absolute Gasteiger partial charge is 0.393 e. The zero-order valence-electron chi connectivity index (χ0n) is 16.2. The van der Waals surface area contributed by atoms with E-state index in [1.807, 2.05) is 23.6 Å². The molecule has 1 aromatic carbocycles. The Morgan fingerprint density at radius 1 is 1.25 bits per heavy atom. The predicted octanol–water partition coefficient (Wildman–Crippen LogP) is 3.58. The Balaban J connectivity index is 2.00. The lowest BCUT2D eigenvalue weighted by molar-refractivity contribution is 0.0710. The zero-order chi connectivity index (χ0) is 20.3. The number of benzene rings is 1. The van der Waals surface area contributed by atoms with Crippen LogP contribution < -0.4 is 0 Å². The first kappa shape index (κ1) is 19.8. The van der Waals surface area contributed by atoms with Gasteiger partial charge in [0.15, 0.2) is 5.78 Å². The minimum absolute atomic E-state index is 0.0410. The molecule has 0 amide bonds. The van der Waals surface area contributed by atoms with E-state index in [1.54, 1.807) is 24.3 Å². The van der Waals surface area contributed by atoms with Gasteiger partial charge >= 0.3 is 0 Å². The van der Waals surface area contributed by atoms with Gasteiger partial charge in [0, 0.05) is 35.6 Å². The highest BCUT2D eigenvalue weighted by atomic mass is 16.3. The fraction of sp³-hybridized carbons (Fsp3) is 0.304. The second-order valence-electron chi connectivity index (χ2n) is 7.09. The fourth-order valence-corrected chi connectivity index (χ4v) is 3.87. The maximum Gasteiger partial charge on any atom is 0.179 e. The van der Waals surface area contributed by atoms with E-state index in [4.69, 9.17) is 5.26 Å². The minimum Gasteiger partial charge on any atom is -0.393 e. The number of nitrogens with zero attached hydrogens (tertiary/aromatic N) is 3. The van der Waals surface area contributed by atoms with Crippen LogP contribution in [0.2, 0.25) is 0 Å². The van der Waals surface area contributed by atoms with Gasteiger partial charge in [-0.25, -0.2) is 0 Å². The number of carbonyl (C=O) groups is 1. The molecule has 2 heterocycles. The van der Waals surface area contributed by atoms with Crippen LogP contribution in [0.1, 0.15) is 45.7 Å². The second-order valence-corrected chi connectivity index (χ2v) is 7.09. The molecule has 5 nitrogen and oxygen atoms in total. The molecule has 0 atom stereocenters. The van der Waals surface area contributed by atoms with Gasteiger partial charge in [0.1, 0.15) is 0 Å². The Morgan fingerprint density at radius 3 is 2.43 bits per heavy atom. The summed E-state index contributed by atoms with van der Waals surface area (Å²) < 4.78 is 1.98.